The van der Waals surface area contributed by atoms with Crippen molar-refractivity contribution < 1.29 is 4.74 Å². The highest BCUT2D eigenvalue weighted by Gasteiger charge is 1.99. The van der Waals surface area contributed by atoms with Crippen LogP contribution in [0, 0.1) is 0 Å². The minimum atomic E-state index is 0.802. The zero-order chi connectivity index (χ0) is 11.1. The second-order valence-electron chi connectivity index (χ2n) is 3.90. The molecule has 0 fully saturated rings. The quantitative estimate of drug-likeness (QED) is 0.611. The summed E-state index contributed by atoms with van der Waals surface area (Å²) in [6.45, 7) is 9.01. The van der Waals surface area contributed by atoms with Crippen molar-refractivity contribution in [3.8, 4) is 0 Å². The minimum Gasteiger partial charge on any atom is -0.494 e. The van der Waals surface area contributed by atoms with Crippen LogP contribution in [0.3, 0.4) is 0 Å². The van der Waals surface area contributed by atoms with Gasteiger partial charge in [0, 0.05) is 0 Å². The molecule has 0 saturated carbocycles. The van der Waals surface area contributed by atoms with Gasteiger partial charge in [-0.2, -0.15) is 0 Å². The summed E-state index contributed by atoms with van der Waals surface area (Å²) in [6, 6.07) is 0. The van der Waals surface area contributed by atoms with Crippen LogP contribution in [0.2, 0.25) is 0 Å². The average Bonchev–Trinajstić information content (AvgIpc) is 2.35. The second kappa shape index (κ2) is 6.28. The van der Waals surface area contributed by atoms with E-state index in [0.29, 0.717) is 0 Å². The van der Waals surface area contributed by atoms with Crippen LogP contribution in [0.15, 0.2) is 47.8 Å². The second-order valence-corrected chi connectivity index (χ2v) is 3.90. The molecule has 0 N–H and O–H groups in total. The molecule has 0 aromatic carbocycles. The zero-order valence-corrected chi connectivity index (χ0v) is 9.75. The predicted octanol–water partition coefficient (Wildman–Crippen LogP) is 4.15. The highest BCUT2D eigenvalue weighted by atomic mass is 16.5. The SMILES string of the molecule is C=C1C=C(C)C=CC(OCCCCC)=C1. The van der Waals surface area contributed by atoms with Crippen LogP contribution in [0.25, 0.3) is 0 Å². The molecule has 1 aliphatic rings. The monoisotopic (exact) mass is 204 g/mol. The Labute approximate surface area is 92.8 Å². The number of hydrogen-bond donors (Lipinski definition) is 0. The van der Waals surface area contributed by atoms with E-state index in [1.165, 1.54) is 18.4 Å². The fraction of sp³-hybridized carbons (Fsp3) is 0.429. The Kier molecular flexibility index (Phi) is 4.96. The van der Waals surface area contributed by atoms with E-state index in [0.717, 1.165) is 24.4 Å². The van der Waals surface area contributed by atoms with Crippen LogP contribution in [-0.2, 0) is 4.74 Å². The van der Waals surface area contributed by atoms with Crippen molar-refractivity contribution in [1.29, 1.82) is 0 Å². The maximum atomic E-state index is 5.66. The van der Waals surface area contributed by atoms with E-state index < -0.39 is 0 Å². The molecule has 0 aromatic heterocycles. The Balaban J connectivity index is 2.42. The molecule has 0 radical (unpaired) electrons. The summed E-state index contributed by atoms with van der Waals surface area (Å²) in [4.78, 5) is 0. The van der Waals surface area contributed by atoms with Crippen LogP contribution in [-0.4, -0.2) is 6.61 Å². The summed E-state index contributed by atoms with van der Waals surface area (Å²) >= 11 is 0. The van der Waals surface area contributed by atoms with Crippen molar-refractivity contribution >= 4 is 0 Å². The number of allylic oxidation sites excluding steroid dienone is 6. The first-order valence-electron chi connectivity index (χ1n) is 5.62. The molecule has 1 rings (SSSR count). The van der Waals surface area contributed by atoms with Gasteiger partial charge in [-0.1, -0.05) is 44.1 Å². The fourth-order valence-corrected chi connectivity index (χ4v) is 1.46. The van der Waals surface area contributed by atoms with Gasteiger partial charge in [0.15, 0.2) is 0 Å². The highest BCUT2D eigenvalue weighted by molar-refractivity contribution is 5.41. The van der Waals surface area contributed by atoms with Crippen LogP contribution < -0.4 is 0 Å². The van der Waals surface area contributed by atoms with E-state index in [-0.39, 0.29) is 0 Å². The van der Waals surface area contributed by atoms with Gasteiger partial charge in [-0.3, -0.25) is 0 Å². The van der Waals surface area contributed by atoms with Crippen molar-refractivity contribution in [2.75, 3.05) is 6.61 Å². The fourth-order valence-electron chi connectivity index (χ4n) is 1.46. The molecule has 1 aliphatic carbocycles. The van der Waals surface area contributed by atoms with Crippen molar-refractivity contribution in [3.05, 3.63) is 47.8 Å². The third kappa shape index (κ3) is 4.68. The summed E-state index contributed by atoms with van der Waals surface area (Å²) in [5, 5.41) is 0. The third-order valence-electron chi connectivity index (χ3n) is 2.27. The maximum absolute atomic E-state index is 5.66. The number of rotatable bonds is 5. The molecule has 0 bridgehead atoms. The van der Waals surface area contributed by atoms with E-state index in [4.69, 9.17) is 4.74 Å². The van der Waals surface area contributed by atoms with E-state index in [1.54, 1.807) is 0 Å². The first kappa shape index (κ1) is 11.8. The summed E-state index contributed by atoms with van der Waals surface area (Å²) in [7, 11) is 0. The minimum absolute atomic E-state index is 0.802. The van der Waals surface area contributed by atoms with Gasteiger partial charge in [0.1, 0.15) is 5.76 Å². The predicted molar refractivity (Wildman–Crippen MR) is 65.6 cm³/mol. The Hall–Kier alpha value is -1.24. The highest BCUT2D eigenvalue weighted by Crippen LogP contribution is 2.14. The topological polar surface area (TPSA) is 9.23 Å². The van der Waals surface area contributed by atoms with E-state index in [2.05, 4.69) is 32.6 Å². The van der Waals surface area contributed by atoms with Gasteiger partial charge in [0.05, 0.1) is 6.61 Å². The molecule has 0 amide bonds. The van der Waals surface area contributed by atoms with Crippen molar-refractivity contribution in [2.24, 2.45) is 0 Å². The Morgan fingerprint density at radius 1 is 1.20 bits per heavy atom. The van der Waals surface area contributed by atoms with Gasteiger partial charge < -0.3 is 4.74 Å². The van der Waals surface area contributed by atoms with E-state index in [1.807, 2.05) is 12.2 Å². The van der Waals surface area contributed by atoms with Gasteiger partial charge in [-0.15, -0.1) is 0 Å². The van der Waals surface area contributed by atoms with Crippen LogP contribution in [0.5, 0.6) is 0 Å². The summed E-state index contributed by atoms with van der Waals surface area (Å²) < 4.78 is 5.66. The van der Waals surface area contributed by atoms with Crippen LogP contribution >= 0.6 is 0 Å². The van der Waals surface area contributed by atoms with Crippen molar-refractivity contribution in [1.82, 2.24) is 0 Å². The smallest absolute Gasteiger partial charge is 0.119 e. The largest absolute Gasteiger partial charge is 0.494 e. The van der Waals surface area contributed by atoms with Gasteiger partial charge >= 0.3 is 0 Å². The lowest BCUT2D eigenvalue weighted by atomic mass is 10.2. The Bertz CT molecular complexity index is 305. The molecule has 15 heavy (non-hydrogen) atoms. The molecule has 0 aliphatic heterocycles. The first-order chi connectivity index (χ1) is 7.22. The number of unbranched alkanes of at least 4 members (excludes halogenated alkanes) is 2. The molecule has 1 heteroatoms. The first-order valence-corrected chi connectivity index (χ1v) is 5.62. The molecule has 0 heterocycles. The summed E-state index contributed by atoms with van der Waals surface area (Å²) in [5.74, 6) is 0.921. The summed E-state index contributed by atoms with van der Waals surface area (Å²) in [6.07, 6.45) is 11.7. The molecular weight excluding hydrogens is 184 g/mol. The lowest BCUT2D eigenvalue weighted by Gasteiger charge is -2.05. The molecule has 0 saturated heterocycles. The molecule has 0 spiro atoms. The van der Waals surface area contributed by atoms with Crippen molar-refractivity contribution in [2.45, 2.75) is 33.1 Å². The van der Waals surface area contributed by atoms with Crippen molar-refractivity contribution in [3.63, 3.8) is 0 Å². The van der Waals surface area contributed by atoms with E-state index in [9.17, 15) is 0 Å². The van der Waals surface area contributed by atoms with Gasteiger partial charge in [-0.25, -0.2) is 0 Å². The van der Waals surface area contributed by atoms with Gasteiger partial charge in [-0.05, 0) is 31.1 Å². The Morgan fingerprint density at radius 3 is 2.73 bits per heavy atom. The molecule has 0 aromatic rings. The molecule has 1 nitrogen and oxygen atoms in total. The van der Waals surface area contributed by atoms with Gasteiger partial charge in [0.2, 0.25) is 0 Å². The number of hydrogen-bond acceptors (Lipinski definition) is 1. The Morgan fingerprint density at radius 2 is 2.00 bits per heavy atom. The normalized spacial score (nSPS) is 15.7. The van der Waals surface area contributed by atoms with E-state index >= 15 is 0 Å². The maximum Gasteiger partial charge on any atom is 0.119 e. The standard InChI is InChI=1S/C14H20O/c1-4-5-6-9-15-14-8-7-12(2)10-13(3)11-14/h7-8,10-11H,3-6,9H2,1-2H3. The summed E-state index contributed by atoms with van der Waals surface area (Å²) in [5.41, 5.74) is 2.21. The lowest BCUT2D eigenvalue weighted by molar-refractivity contribution is 0.217. The molecule has 82 valence electrons. The molecule has 0 unspecified atom stereocenters. The molecular formula is C14H20O. The third-order valence-corrected chi connectivity index (χ3v) is 2.27. The molecule has 0 atom stereocenters. The zero-order valence-electron chi connectivity index (χ0n) is 9.75. The van der Waals surface area contributed by atoms with Gasteiger partial charge in [0.25, 0.3) is 0 Å². The van der Waals surface area contributed by atoms with Crippen LogP contribution in [0.4, 0.5) is 0 Å². The van der Waals surface area contributed by atoms with Crippen LogP contribution in [0.1, 0.15) is 33.1 Å². The lowest BCUT2D eigenvalue weighted by Crippen LogP contribution is -1.93. The number of ether oxygens (including phenoxy) is 1. The average molecular weight is 204 g/mol.